The second kappa shape index (κ2) is 3.82. The van der Waals surface area contributed by atoms with Gasteiger partial charge in [0.1, 0.15) is 5.82 Å². The van der Waals surface area contributed by atoms with Crippen molar-refractivity contribution in [3.05, 3.63) is 21.4 Å². The summed E-state index contributed by atoms with van der Waals surface area (Å²) >= 11 is 2.37. The molecule has 1 saturated heterocycles. The van der Waals surface area contributed by atoms with Gasteiger partial charge in [-0.1, -0.05) is 0 Å². The standard InChI is InChI=1S/C10H13IN2/c1-8-9(11)4-5-12-10(8)13-6-2-3-7-13/h4-5H,2-3,6-7H2,1H3. The molecule has 0 radical (unpaired) electrons. The Balaban J connectivity index is 2.33. The highest BCUT2D eigenvalue weighted by atomic mass is 127. The third-order valence-corrected chi connectivity index (χ3v) is 3.69. The van der Waals surface area contributed by atoms with Crippen molar-refractivity contribution in [1.29, 1.82) is 0 Å². The lowest BCUT2D eigenvalue weighted by molar-refractivity contribution is 0.926. The lowest BCUT2D eigenvalue weighted by Gasteiger charge is -2.18. The van der Waals surface area contributed by atoms with E-state index < -0.39 is 0 Å². The van der Waals surface area contributed by atoms with E-state index in [0.717, 1.165) is 0 Å². The van der Waals surface area contributed by atoms with Gasteiger partial charge >= 0.3 is 0 Å². The molecule has 1 aliphatic rings. The van der Waals surface area contributed by atoms with Crippen LogP contribution in [0.3, 0.4) is 0 Å². The summed E-state index contributed by atoms with van der Waals surface area (Å²) in [5, 5.41) is 0. The predicted molar refractivity (Wildman–Crippen MR) is 63.1 cm³/mol. The topological polar surface area (TPSA) is 16.1 Å². The highest BCUT2D eigenvalue weighted by molar-refractivity contribution is 14.1. The highest BCUT2D eigenvalue weighted by Crippen LogP contribution is 2.24. The van der Waals surface area contributed by atoms with Crippen LogP contribution in [0.15, 0.2) is 12.3 Å². The largest absolute Gasteiger partial charge is 0.356 e. The average Bonchev–Trinajstić information content (AvgIpc) is 2.62. The molecule has 2 rings (SSSR count). The van der Waals surface area contributed by atoms with E-state index in [0.29, 0.717) is 0 Å². The maximum absolute atomic E-state index is 4.44. The molecule has 1 fully saturated rings. The number of pyridine rings is 1. The minimum atomic E-state index is 1.17. The Morgan fingerprint density at radius 3 is 2.77 bits per heavy atom. The van der Waals surface area contributed by atoms with Gasteiger partial charge < -0.3 is 4.90 Å². The first kappa shape index (κ1) is 9.24. The van der Waals surface area contributed by atoms with Gasteiger partial charge in [-0.05, 0) is 48.4 Å². The zero-order valence-corrected chi connectivity index (χ0v) is 9.91. The molecule has 0 aromatic carbocycles. The third-order valence-electron chi connectivity index (χ3n) is 2.52. The van der Waals surface area contributed by atoms with Gasteiger partial charge in [0.05, 0.1) is 0 Å². The summed E-state index contributed by atoms with van der Waals surface area (Å²) in [6.07, 6.45) is 4.53. The number of halogens is 1. The molecule has 1 aliphatic heterocycles. The number of hydrogen-bond donors (Lipinski definition) is 0. The van der Waals surface area contributed by atoms with Crippen molar-refractivity contribution in [3.8, 4) is 0 Å². The molecular formula is C10H13IN2. The summed E-state index contributed by atoms with van der Waals surface area (Å²) in [5.74, 6) is 1.18. The second-order valence-corrected chi connectivity index (χ2v) is 4.60. The van der Waals surface area contributed by atoms with E-state index in [2.05, 4.69) is 45.5 Å². The van der Waals surface area contributed by atoms with Crippen molar-refractivity contribution in [2.24, 2.45) is 0 Å². The first-order valence-corrected chi connectivity index (χ1v) is 5.73. The molecule has 0 atom stereocenters. The summed E-state index contributed by atoms with van der Waals surface area (Å²) < 4.78 is 1.31. The van der Waals surface area contributed by atoms with Gasteiger partial charge in [0, 0.05) is 28.4 Å². The van der Waals surface area contributed by atoms with Gasteiger partial charge in [0.15, 0.2) is 0 Å². The Kier molecular flexibility index (Phi) is 2.71. The Labute approximate surface area is 92.5 Å². The summed E-state index contributed by atoms with van der Waals surface area (Å²) in [5.41, 5.74) is 1.32. The smallest absolute Gasteiger partial charge is 0.132 e. The zero-order chi connectivity index (χ0) is 9.26. The predicted octanol–water partition coefficient (Wildman–Crippen LogP) is 2.59. The Morgan fingerprint density at radius 1 is 1.38 bits per heavy atom. The Bertz CT molecular complexity index is 306. The van der Waals surface area contributed by atoms with Crippen molar-refractivity contribution in [1.82, 2.24) is 4.98 Å². The molecular weight excluding hydrogens is 275 g/mol. The summed E-state index contributed by atoms with van der Waals surface area (Å²) in [4.78, 5) is 6.83. The number of anilines is 1. The lowest BCUT2D eigenvalue weighted by atomic mass is 10.3. The summed E-state index contributed by atoms with van der Waals surface area (Å²) in [7, 11) is 0. The van der Waals surface area contributed by atoms with Crippen LogP contribution in [0.2, 0.25) is 0 Å². The number of aromatic nitrogens is 1. The molecule has 13 heavy (non-hydrogen) atoms. The first-order chi connectivity index (χ1) is 6.29. The van der Waals surface area contributed by atoms with Gasteiger partial charge in [-0.3, -0.25) is 0 Å². The van der Waals surface area contributed by atoms with E-state index in [1.807, 2.05) is 6.20 Å². The molecule has 0 amide bonds. The molecule has 2 heterocycles. The van der Waals surface area contributed by atoms with E-state index in [1.54, 1.807) is 0 Å². The molecule has 0 bridgehead atoms. The molecule has 0 saturated carbocycles. The molecule has 0 aliphatic carbocycles. The van der Waals surface area contributed by atoms with Gasteiger partial charge in [-0.15, -0.1) is 0 Å². The minimum Gasteiger partial charge on any atom is -0.356 e. The number of hydrogen-bond acceptors (Lipinski definition) is 2. The summed E-state index contributed by atoms with van der Waals surface area (Å²) in [6, 6.07) is 2.06. The van der Waals surface area contributed by atoms with E-state index in [9.17, 15) is 0 Å². The zero-order valence-electron chi connectivity index (χ0n) is 7.76. The van der Waals surface area contributed by atoms with Crippen LogP contribution in [0.25, 0.3) is 0 Å². The fraction of sp³-hybridized carbons (Fsp3) is 0.500. The molecule has 1 aromatic rings. The van der Waals surface area contributed by atoms with Crippen molar-refractivity contribution in [2.75, 3.05) is 18.0 Å². The van der Waals surface area contributed by atoms with Crippen LogP contribution in [0.5, 0.6) is 0 Å². The lowest BCUT2D eigenvalue weighted by Crippen LogP contribution is -2.20. The molecule has 0 N–H and O–H groups in total. The SMILES string of the molecule is Cc1c(I)ccnc1N1CCCC1. The molecule has 1 aromatic heterocycles. The van der Waals surface area contributed by atoms with Gasteiger partial charge in [-0.2, -0.15) is 0 Å². The van der Waals surface area contributed by atoms with Gasteiger partial charge in [0.2, 0.25) is 0 Å². The minimum absolute atomic E-state index is 1.17. The molecule has 0 unspecified atom stereocenters. The number of rotatable bonds is 1. The Morgan fingerprint density at radius 2 is 2.08 bits per heavy atom. The van der Waals surface area contributed by atoms with Crippen molar-refractivity contribution < 1.29 is 0 Å². The Hall–Kier alpha value is -0.320. The highest BCUT2D eigenvalue weighted by Gasteiger charge is 2.15. The summed E-state index contributed by atoms with van der Waals surface area (Å²) in [6.45, 7) is 4.50. The average molecular weight is 288 g/mol. The quantitative estimate of drug-likeness (QED) is 0.738. The van der Waals surface area contributed by atoms with E-state index in [4.69, 9.17) is 0 Å². The van der Waals surface area contributed by atoms with Crippen LogP contribution >= 0.6 is 22.6 Å². The van der Waals surface area contributed by atoms with E-state index in [-0.39, 0.29) is 0 Å². The van der Waals surface area contributed by atoms with Crippen LogP contribution in [0.1, 0.15) is 18.4 Å². The molecule has 70 valence electrons. The third kappa shape index (κ3) is 1.80. The molecule has 0 spiro atoms. The maximum atomic E-state index is 4.44. The van der Waals surface area contributed by atoms with Gasteiger partial charge in [-0.25, -0.2) is 4.98 Å². The van der Waals surface area contributed by atoms with Crippen molar-refractivity contribution >= 4 is 28.4 Å². The van der Waals surface area contributed by atoms with Crippen LogP contribution in [0, 0.1) is 10.5 Å². The van der Waals surface area contributed by atoms with Crippen LogP contribution in [-0.4, -0.2) is 18.1 Å². The van der Waals surface area contributed by atoms with Crippen molar-refractivity contribution in [2.45, 2.75) is 19.8 Å². The first-order valence-electron chi connectivity index (χ1n) is 4.65. The van der Waals surface area contributed by atoms with E-state index in [1.165, 1.54) is 40.9 Å². The fourth-order valence-corrected chi connectivity index (χ4v) is 2.15. The second-order valence-electron chi connectivity index (χ2n) is 3.44. The fourth-order valence-electron chi connectivity index (χ4n) is 1.75. The maximum Gasteiger partial charge on any atom is 0.132 e. The van der Waals surface area contributed by atoms with Crippen LogP contribution in [-0.2, 0) is 0 Å². The van der Waals surface area contributed by atoms with Crippen LogP contribution < -0.4 is 4.90 Å². The van der Waals surface area contributed by atoms with Crippen molar-refractivity contribution in [3.63, 3.8) is 0 Å². The van der Waals surface area contributed by atoms with Crippen LogP contribution in [0.4, 0.5) is 5.82 Å². The molecule has 3 heteroatoms. The normalized spacial score (nSPS) is 16.6. The van der Waals surface area contributed by atoms with Gasteiger partial charge in [0.25, 0.3) is 0 Å². The monoisotopic (exact) mass is 288 g/mol. The number of nitrogens with zero attached hydrogens (tertiary/aromatic N) is 2. The molecule has 2 nitrogen and oxygen atoms in total. The van der Waals surface area contributed by atoms with E-state index >= 15 is 0 Å².